The Balaban J connectivity index is 2.43. The van der Waals surface area contributed by atoms with Crippen molar-refractivity contribution in [3.8, 4) is 0 Å². The Morgan fingerprint density at radius 1 is 1.19 bits per heavy atom. The highest BCUT2D eigenvalue weighted by atomic mass is 79.9. The molecule has 0 heterocycles. The van der Waals surface area contributed by atoms with Crippen LogP contribution in [0.1, 0.15) is 5.56 Å². The Morgan fingerprint density at radius 2 is 1.86 bits per heavy atom. The number of benzene rings is 2. The van der Waals surface area contributed by atoms with Crippen LogP contribution in [0.25, 0.3) is 0 Å². The molecule has 0 amide bonds. The summed E-state index contributed by atoms with van der Waals surface area (Å²) in [7, 11) is -4.21. The first-order valence-electron chi connectivity index (χ1n) is 5.75. The number of rotatable bonds is 3. The number of aryl methyl sites for hydroxylation is 1. The molecular formula is C13H11BrF2N2O2S. The van der Waals surface area contributed by atoms with Crippen molar-refractivity contribution in [2.45, 2.75) is 11.8 Å². The number of hydrogen-bond acceptors (Lipinski definition) is 3. The van der Waals surface area contributed by atoms with Gasteiger partial charge in [-0.3, -0.25) is 4.72 Å². The van der Waals surface area contributed by atoms with Gasteiger partial charge in [0.05, 0.1) is 0 Å². The quantitative estimate of drug-likeness (QED) is 0.806. The molecule has 8 heteroatoms. The number of halogens is 3. The van der Waals surface area contributed by atoms with Gasteiger partial charge in [0.25, 0.3) is 10.0 Å². The van der Waals surface area contributed by atoms with Gasteiger partial charge in [-0.25, -0.2) is 17.2 Å². The third-order valence-corrected chi connectivity index (χ3v) is 5.06. The van der Waals surface area contributed by atoms with Crippen LogP contribution in [0.3, 0.4) is 0 Å². The van der Waals surface area contributed by atoms with Gasteiger partial charge in [0.2, 0.25) is 0 Å². The molecule has 0 spiro atoms. The predicted octanol–water partition coefficient (Wildman–Crippen LogP) is 3.42. The maximum Gasteiger partial charge on any atom is 0.264 e. The van der Waals surface area contributed by atoms with Gasteiger partial charge in [0.1, 0.15) is 16.4 Å². The summed E-state index contributed by atoms with van der Waals surface area (Å²) >= 11 is 3.27. The first-order chi connectivity index (χ1) is 9.72. The fourth-order valence-corrected chi connectivity index (χ4v) is 3.14. The third kappa shape index (κ3) is 3.16. The van der Waals surface area contributed by atoms with Crippen molar-refractivity contribution < 1.29 is 17.2 Å². The van der Waals surface area contributed by atoms with Gasteiger partial charge >= 0.3 is 0 Å². The molecule has 4 nitrogen and oxygen atoms in total. The summed E-state index contributed by atoms with van der Waals surface area (Å²) in [5.74, 6) is -2.32. The van der Waals surface area contributed by atoms with E-state index in [-0.39, 0.29) is 5.69 Å². The van der Waals surface area contributed by atoms with Crippen molar-refractivity contribution in [2.75, 3.05) is 10.5 Å². The van der Waals surface area contributed by atoms with Crippen LogP contribution in [0, 0.1) is 18.6 Å². The highest BCUT2D eigenvalue weighted by molar-refractivity contribution is 9.10. The molecular weight excluding hydrogens is 366 g/mol. The summed E-state index contributed by atoms with van der Waals surface area (Å²) < 4.78 is 54.1. The Kier molecular flexibility index (Phi) is 4.20. The fourth-order valence-electron chi connectivity index (χ4n) is 1.62. The SMILES string of the molecule is Cc1ccc(NS(=O)(=O)c2ccc(F)c(N)c2F)cc1Br. The second-order valence-corrected chi connectivity index (χ2v) is 6.85. The maximum absolute atomic E-state index is 13.8. The zero-order chi connectivity index (χ0) is 15.8. The van der Waals surface area contributed by atoms with E-state index in [1.807, 2.05) is 6.92 Å². The molecule has 2 aromatic carbocycles. The van der Waals surface area contributed by atoms with Gasteiger partial charge in [0.15, 0.2) is 5.82 Å². The summed E-state index contributed by atoms with van der Waals surface area (Å²) in [6.45, 7) is 1.84. The molecule has 2 aromatic rings. The molecule has 0 bridgehead atoms. The van der Waals surface area contributed by atoms with E-state index in [2.05, 4.69) is 20.7 Å². The predicted molar refractivity (Wildman–Crippen MR) is 80.5 cm³/mol. The second kappa shape index (κ2) is 5.61. The number of nitrogens with two attached hydrogens (primary N) is 1. The molecule has 0 aliphatic carbocycles. The average Bonchev–Trinajstić information content (AvgIpc) is 2.39. The molecule has 0 aliphatic heterocycles. The molecule has 0 aliphatic rings. The number of anilines is 2. The molecule has 0 radical (unpaired) electrons. The molecule has 2 rings (SSSR count). The van der Waals surface area contributed by atoms with E-state index in [0.29, 0.717) is 4.47 Å². The van der Waals surface area contributed by atoms with Gasteiger partial charge in [0, 0.05) is 10.2 Å². The summed E-state index contributed by atoms with van der Waals surface area (Å²) in [6, 6.07) is 6.39. The van der Waals surface area contributed by atoms with Crippen LogP contribution in [0.4, 0.5) is 20.2 Å². The van der Waals surface area contributed by atoms with Crippen LogP contribution in [0.5, 0.6) is 0 Å². The first-order valence-corrected chi connectivity index (χ1v) is 8.02. The largest absolute Gasteiger partial charge is 0.394 e. The first kappa shape index (κ1) is 15.7. The summed E-state index contributed by atoms with van der Waals surface area (Å²) in [4.78, 5) is -0.710. The van der Waals surface area contributed by atoms with E-state index >= 15 is 0 Å². The van der Waals surface area contributed by atoms with E-state index in [4.69, 9.17) is 5.73 Å². The zero-order valence-corrected chi connectivity index (χ0v) is 13.2. The number of hydrogen-bond donors (Lipinski definition) is 2. The van der Waals surface area contributed by atoms with Crippen molar-refractivity contribution in [1.29, 1.82) is 0 Å². The Bertz CT molecular complexity index is 810. The minimum Gasteiger partial charge on any atom is -0.394 e. The fraction of sp³-hybridized carbons (Fsp3) is 0.0769. The van der Waals surface area contributed by atoms with E-state index in [9.17, 15) is 17.2 Å². The lowest BCUT2D eigenvalue weighted by atomic mass is 10.2. The van der Waals surface area contributed by atoms with Crippen LogP contribution in [0.2, 0.25) is 0 Å². The molecule has 0 aromatic heterocycles. The van der Waals surface area contributed by atoms with Gasteiger partial charge in [-0.05, 0) is 36.8 Å². The topological polar surface area (TPSA) is 72.2 Å². The number of nitrogens with one attached hydrogen (secondary N) is 1. The molecule has 0 atom stereocenters. The van der Waals surface area contributed by atoms with Crippen molar-refractivity contribution in [3.63, 3.8) is 0 Å². The van der Waals surface area contributed by atoms with E-state index in [0.717, 1.165) is 17.7 Å². The van der Waals surface area contributed by atoms with Crippen molar-refractivity contribution in [2.24, 2.45) is 0 Å². The second-order valence-electron chi connectivity index (χ2n) is 4.34. The van der Waals surface area contributed by atoms with Gasteiger partial charge < -0.3 is 5.73 Å². The highest BCUT2D eigenvalue weighted by Gasteiger charge is 2.22. The molecule has 0 saturated carbocycles. The summed E-state index contributed by atoms with van der Waals surface area (Å²) in [5.41, 5.74) is 5.49. The molecule has 0 fully saturated rings. The van der Waals surface area contributed by atoms with Crippen LogP contribution in [0.15, 0.2) is 39.7 Å². The minimum atomic E-state index is -4.21. The monoisotopic (exact) mass is 376 g/mol. The molecule has 112 valence electrons. The maximum atomic E-state index is 13.8. The lowest BCUT2D eigenvalue weighted by Crippen LogP contribution is -2.16. The lowest BCUT2D eigenvalue weighted by molar-refractivity contribution is 0.557. The van der Waals surface area contributed by atoms with Crippen LogP contribution >= 0.6 is 15.9 Å². The van der Waals surface area contributed by atoms with Gasteiger partial charge in [-0.2, -0.15) is 0 Å². The minimum absolute atomic E-state index is 0.245. The van der Waals surface area contributed by atoms with Crippen molar-refractivity contribution >= 4 is 37.3 Å². The van der Waals surface area contributed by atoms with Gasteiger partial charge in [-0.1, -0.05) is 22.0 Å². The lowest BCUT2D eigenvalue weighted by Gasteiger charge is -2.11. The molecule has 21 heavy (non-hydrogen) atoms. The van der Waals surface area contributed by atoms with Crippen molar-refractivity contribution in [1.82, 2.24) is 0 Å². The van der Waals surface area contributed by atoms with E-state index in [1.165, 1.54) is 12.1 Å². The van der Waals surface area contributed by atoms with Crippen LogP contribution < -0.4 is 10.5 Å². The van der Waals surface area contributed by atoms with Crippen molar-refractivity contribution in [3.05, 3.63) is 52.0 Å². The van der Waals surface area contributed by atoms with E-state index in [1.54, 1.807) is 6.07 Å². The molecule has 3 N–H and O–H groups in total. The third-order valence-electron chi connectivity index (χ3n) is 2.80. The number of sulfonamides is 1. The molecule has 0 unspecified atom stereocenters. The van der Waals surface area contributed by atoms with Crippen LogP contribution in [-0.4, -0.2) is 8.42 Å². The smallest absolute Gasteiger partial charge is 0.264 e. The average molecular weight is 377 g/mol. The number of nitrogen functional groups attached to an aromatic ring is 1. The summed E-state index contributed by atoms with van der Waals surface area (Å²) in [6.07, 6.45) is 0. The van der Waals surface area contributed by atoms with Gasteiger partial charge in [-0.15, -0.1) is 0 Å². The zero-order valence-electron chi connectivity index (χ0n) is 10.8. The molecule has 0 saturated heterocycles. The Morgan fingerprint density at radius 3 is 2.48 bits per heavy atom. The van der Waals surface area contributed by atoms with E-state index < -0.39 is 32.2 Å². The normalized spacial score (nSPS) is 11.4. The van der Waals surface area contributed by atoms with Crippen LogP contribution in [-0.2, 0) is 10.0 Å². The summed E-state index contributed by atoms with van der Waals surface area (Å²) in [5, 5.41) is 0. The Hall–Kier alpha value is -1.67. The Labute approximate surface area is 129 Å². The standard InChI is InChI=1S/C13H11BrF2N2O2S/c1-7-2-3-8(6-9(7)14)18-21(19,20)11-5-4-10(15)13(17)12(11)16/h2-6,18H,17H2,1H3. The highest BCUT2D eigenvalue weighted by Crippen LogP contribution is 2.26.